The van der Waals surface area contributed by atoms with Crippen molar-refractivity contribution in [2.45, 2.75) is 38.3 Å². The molecule has 0 aromatic carbocycles. The third kappa shape index (κ3) is 3.04. The quantitative estimate of drug-likeness (QED) is 0.788. The first kappa shape index (κ1) is 10.6. The lowest BCUT2D eigenvalue weighted by atomic mass is 10.2. The van der Waals surface area contributed by atoms with Crippen molar-refractivity contribution in [2.24, 2.45) is 0 Å². The number of aliphatic hydroxyl groups is 1. The zero-order valence-corrected chi connectivity index (χ0v) is 8.93. The number of ether oxygens (including phenoxy) is 1. The van der Waals surface area contributed by atoms with E-state index in [2.05, 4.69) is 11.3 Å². The molecular formula is C11H18N2O2. The maximum atomic E-state index is 8.72. The van der Waals surface area contributed by atoms with Gasteiger partial charge in [0.15, 0.2) is 0 Å². The van der Waals surface area contributed by atoms with Crippen LogP contribution in [0.4, 0.5) is 0 Å². The van der Waals surface area contributed by atoms with Gasteiger partial charge in [0.1, 0.15) is 0 Å². The standard InChI is InChI=1S/C11H18N2O2/c14-5-1-3-10-7-12-13(8-10)9-11-4-2-6-15-11/h7-8,11,14H,1-6,9H2. The van der Waals surface area contributed by atoms with Crippen LogP contribution in [0, 0.1) is 0 Å². The predicted octanol–water partition coefficient (Wildman–Crippen LogP) is 0.987. The Morgan fingerprint density at radius 2 is 2.53 bits per heavy atom. The van der Waals surface area contributed by atoms with Gasteiger partial charge in [-0.1, -0.05) is 0 Å². The molecule has 0 spiro atoms. The molecule has 1 N–H and O–H groups in total. The van der Waals surface area contributed by atoms with E-state index in [0.29, 0.717) is 6.10 Å². The molecule has 84 valence electrons. The Morgan fingerprint density at radius 1 is 1.60 bits per heavy atom. The molecular weight excluding hydrogens is 192 g/mol. The molecule has 0 radical (unpaired) electrons. The number of hydrogen-bond acceptors (Lipinski definition) is 3. The zero-order chi connectivity index (χ0) is 10.5. The highest BCUT2D eigenvalue weighted by molar-refractivity contribution is 5.03. The molecule has 4 heteroatoms. The minimum absolute atomic E-state index is 0.247. The Kier molecular flexibility index (Phi) is 3.75. The van der Waals surface area contributed by atoms with Crippen LogP contribution in [0.25, 0.3) is 0 Å². The Bertz CT molecular complexity index is 293. The highest BCUT2D eigenvalue weighted by atomic mass is 16.5. The zero-order valence-electron chi connectivity index (χ0n) is 8.93. The van der Waals surface area contributed by atoms with Crippen LogP contribution in [-0.4, -0.2) is 34.2 Å². The average Bonchev–Trinajstić information content (AvgIpc) is 2.87. The second-order valence-electron chi connectivity index (χ2n) is 4.03. The van der Waals surface area contributed by atoms with Crippen molar-refractivity contribution in [3.05, 3.63) is 18.0 Å². The molecule has 0 aliphatic carbocycles. The van der Waals surface area contributed by atoms with Crippen molar-refractivity contribution >= 4 is 0 Å². The largest absolute Gasteiger partial charge is 0.396 e. The van der Waals surface area contributed by atoms with E-state index in [1.165, 1.54) is 12.0 Å². The number of aryl methyl sites for hydroxylation is 1. The summed E-state index contributed by atoms with van der Waals surface area (Å²) in [5, 5.41) is 13.0. The molecule has 1 unspecified atom stereocenters. The molecule has 1 aromatic rings. The van der Waals surface area contributed by atoms with Crippen LogP contribution in [0.3, 0.4) is 0 Å². The lowest BCUT2D eigenvalue weighted by molar-refractivity contribution is 0.0940. The molecule has 1 fully saturated rings. The molecule has 15 heavy (non-hydrogen) atoms. The van der Waals surface area contributed by atoms with Crippen molar-refractivity contribution in [2.75, 3.05) is 13.2 Å². The van der Waals surface area contributed by atoms with Gasteiger partial charge in [-0.15, -0.1) is 0 Å². The summed E-state index contributed by atoms with van der Waals surface area (Å²) in [6.45, 7) is 2.00. The van der Waals surface area contributed by atoms with Gasteiger partial charge in [-0.2, -0.15) is 5.10 Å². The summed E-state index contributed by atoms with van der Waals surface area (Å²) in [6, 6.07) is 0. The van der Waals surface area contributed by atoms with Crippen molar-refractivity contribution in [3.63, 3.8) is 0 Å². The van der Waals surface area contributed by atoms with E-state index < -0.39 is 0 Å². The molecule has 1 aliphatic rings. The van der Waals surface area contributed by atoms with Gasteiger partial charge in [-0.3, -0.25) is 4.68 Å². The van der Waals surface area contributed by atoms with Gasteiger partial charge in [0.05, 0.1) is 18.8 Å². The van der Waals surface area contributed by atoms with E-state index in [1.54, 1.807) is 0 Å². The normalized spacial score (nSPS) is 21.0. The Balaban J connectivity index is 1.83. The molecule has 0 amide bonds. The fraction of sp³-hybridized carbons (Fsp3) is 0.727. The van der Waals surface area contributed by atoms with Gasteiger partial charge < -0.3 is 9.84 Å². The fourth-order valence-electron chi connectivity index (χ4n) is 1.92. The summed E-state index contributed by atoms with van der Waals surface area (Å²) in [7, 11) is 0. The Hall–Kier alpha value is -0.870. The first-order valence-corrected chi connectivity index (χ1v) is 5.62. The van der Waals surface area contributed by atoms with Gasteiger partial charge >= 0.3 is 0 Å². The molecule has 1 aromatic heterocycles. The van der Waals surface area contributed by atoms with Gasteiger partial charge in [0, 0.05) is 19.4 Å². The summed E-state index contributed by atoms with van der Waals surface area (Å²) in [6.07, 6.45) is 8.31. The van der Waals surface area contributed by atoms with Crippen molar-refractivity contribution in [1.29, 1.82) is 0 Å². The minimum atomic E-state index is 0.247. The summed E-state index contributed by atoms with van der Waals surface area (Å²) in [5.41, 5.74) is 1.20. The maximum Gasteiger partial charge on any atom is 0.0771 e. The molecule has 2 rings (SSSR count). The SMILES string of the molecule is OCCCc1cnn(CC2CCCO2)c1. The van der Waals surface area contributed by atoms with Crippen LogP contribution in [0.2, 0.25) is 0 Å². The van der Waals surface area contributed by atoms with Crippen molar-refractivity contribution in [1.82, 2.24) is 9.78 Å². The van der Waals surface area contributed by atoms with Crippen molar-refractivity contribution < 1.29 is 9.84 Å². The number of rotatable bonds is 5. The summed E-state index contributed by atoms with van der Waals surface area (Å²) >= 11 is 0. The molecule has 0 saturated carbocycles. The number of nitrogens with zero attached hydrogens (tertiary/aromatic N) is 2. The topological polar surface area (TPSA) is 47.3 Å². The lowest BCUT2D eigenvalue weighted by Gasteiger charge is -2.08. The molecule has 1 atom stereocenters. The highest BCUT2D eigenvalue weighted by Gasteiger charge is 2.16. The minimum Gasteiger partial charge on any atom is -0.396 e. The fourth-order valence-corrected chi connectivity index (χ4v) is 1.92. The van der Waals surface area contributed by atoms with Gasteiger partial charge in [0.25, 0.3) is 0 Å². The molecule has 4 nitrogen and oxygen atoms in total. The predicted molar refractivity (Wildman–Crippen MR) is 56.6 cm³/mol. The van der Waals surface area contributed by atoms with Gasteiger partial charge in [-0.05, 0) is 31.2 Å². The van der Waals surface area contributed by atoms with Crippen molar-refractivity contribution in [3.8, 4) is 0 Å². The lowest BCUT2D eigenvalue weighted by Crippen LogP contribution is -2.15. The Morgan fingerprint density at radius 3 is 3.27 bits per heavy atom. The van der Waals surface area contributed by atoms with E-state index in [9.17, 15) is 0 Å². The maximum absolute atomic E-state index is 8.72. The monoisotopic (exact) mass is 210 g/mol. The van der Waals surface area contributed by atoms with Gasteiger partial charge in [-0.25, -0.2) is 0 Å². The van der Waals surface area contributed by atoms with Crippen LogP contribution in [0.5, 0.6) is 0 Å². The number of aromatic nitrogens is 2. The van der Waals surface area contributed by atoms with E-state index in [-0.39, 0.29) is 6.61 Å². The third-order valence-electron chi connectivity index (χ3n) is 2.72. The van der Waals surface area contributed by atoms with E-state index >= 15 is 0 Å². The molecule has 1 saturated heterocycles. The first-order valence-electron chi connectivity index (χ1n) is 5.62. The van der Waals surface area contributed by atoms with E-state index in [4.69, 9.17) is 9.84 Å². The van der Waals surface area contributed by atoms with Crippen LogP contribution in [-0.2, 0) is 17.7 Å². The van der Waals surface area contributed by atoms with Crippen LogP contribution in [0.15, 0.2) is 12.4 Å². The Labute approximate surface area is 89.9 Å². The van der Waals surface area contributed by atoms with Crippen LogP contribution >= 0.6 is 0 Å². The number of aliphatic hydroxyl groups excluding tert-OH is 1. The average molecular weight is 210 g/mol. The summed E-state index contributed by atoms with van der Waals surface area (Å²) < 4.78 is 7.49. The summed E-state index contributed by atoms with van der Waals surface area (Å²) in [5.74, 6) is 0. The summed E-state index contributed by atoms with van der Waals surface area (Å²) in [4.78, 5) is 0. The number of hydrogen-bond donors (Lipinski definition) is 1. The smallest absolute Gasteiger partial charge is 0.0771 e. The van der Waals surface area contributed by atoms with Crippen LogP contribution in [0.1, 0.15) is 24.8 Å². The highest BCUT2D eigenvalue weighted by Crippen LogP contribution is 2.14. The first-order chi connectivity index (χ1) is 7.38. The molecule has 0 bridgehead atoms. The second kappa shape index (κ2) is 5.28. The second-order valence-corrected chi connectivity index (χ2v) is 4.03. The molecule has 2 heterocycles. The van der Waals surface area contributed by atoms with Crippen LogP contribution < -0.4 is 0 Å². The third-order valence-corrected chi connectivity index (χ3v) is 2.72. The molecule has 1 aliphatic heterocycles. The van der Waals surface area contributed by atoms with E-state index in [0.717, 1.165) is 32.4 Å². The van der Waals surface area contributed by atoms with Gasteiger partial charge in [0.2, 0.25) is 0 Å². The van der Waals surface area contributed by atoms with E-state index in [1.807, 2.05) is 10.9 Å².